The molecule has 1 aromatic heterocycles. The Kier molecular flexibility index (Phi) is 7.14. The van der Waals surface area contributed by atoms with E-state index in [0.29, 0.717) is 22.8 Å². The van der Waals surface area contributed by atoms with Crippen molar-refractivity contribution in [1.29, 1.82) is 0 Å². The summed E-state index contributed by atoms with van der Waals surface area (Å²) < 4.78 is 10.9. The molecule has 0 aliphatic rings. The van der Waals surface area contributed by atoms with Crippen LogP contribution in [0.4, 0.5) is 0 Å². The number of aromatic nitrogens is 2. The van der Waals surface area contributed by atoms with Crippen molar-refractivity contribution in [1.82, 2.24) is 15.4 Å². The maximum Gasteiger partial charge on any atom is 0.325 e. The van der Waals surface area contributed by atoms with Gasteiger partial charge in [-0.3, -0.25) is 14.6 Å². The van der Waals surface area contributed by atoms with E-state index in [9.17, 15) is 14.4 Å². The van der Waals surface area contributed by atoms with Gasteiger partial charge in [-0.1, -0.05) is 0 Å². The Balaban J connectivity index is 1.95. The number of ether oxygens (including phenoxy) is 2. The first kappa shape index (κ1) is 20.9. The molecule has 0 fully saturated rings. The third-order valence-electron chi connectivity index (χ3n) is 3.81. The zero-order chi connectivity index (χ0) is 20.7. The highest BCUT2D eigenvalue weighted by molar-refractivity contribution is 5.83. The maximum absolute atomic E-state index is 11.9. The van der Waals surface area contributed by atoms with E-state index >= 15 is 0 Å². The Hall–Kier alpha value is -3.36. The average Bonchev–Trinajstić information content (AvgIpc) is 2.61. The zero-order valence-corrected chi connectivity index (χ0v) is 16.3. The molecule has 0 saturated carbocycles. The van der Waals surface area contributed by atoms with Crippen molar-refractivity contribution in [2.75, 3.05) is 7.11 Å². The van der Waals surface area contributed by atoms with Crippen LogP contribution in [-0.4, -0.2) is 35.3 Å². The van der Waals surface area contributed by atoms with Gasteiger partial charge in [0, 0.05) is 17.7 Å². The molecule has 28 heavy (non-hydrogen) atoms. The van der Waals surface area contributed by atoms with Gasteiger partial charge in [-0.05, 0) is 51.0 Å². The zero-order valence-electron chi connectivity index (χ0n) is 16.3. The molecule has 0 atom stereocenters. The minimum absolute atomic E-state index is 0.0195. The molecule has 1 amide bonds. The van der Waals surface area contributed by atoms with Crippen LogP contribution in [0.15, 0.2) is 32.9 Å². The fraction of sp³-hybridized carbons (Fsp3) is 0.368. The first-order valence-corrected chi connectivity index (χ1v) is 8.78. The minimum Gasteiger partial charge on any atom is -0.493 e. The number of carbonyl (C=O) groups excluding carboxylic acids is 1. The van der Waals surface area contributed by atoms with Gasteiger partial charge in [0.05, 0.1) is 19.4 Å². The van der Waals surface area contributed by atoms with E-state index in [1.54, 1.807) is 32.2 Å². The van der Waals surface area contributed by atoms with Gasteiger partial charge in [0.15, 0.2) is 11.5 Å². The van der Waals surface area contributed by atoms with Crippen molar-refractivity contribution < 1.29 is 14.3 Å². The second-order valence-electron chi connectivity index (χ2n) is 6.38. The van der Waals surface area contributed by atoms with E-state index < -0.39 is 11.2 Å². The summed E-state index contributed by atoms with van der Waals surface area (Å²) in [5.41, 5.74) is 2.88. The lowest BCUT2D eigenvalue weighted by Crippen LogP contribution is -2.28. The largest absolute Gasteiger partial charge is 0.493 e. The van der Waals surface area contributed by atoms with Gasteiger partial charge in [0.1, 0.15) is 0 Å². The van der Waals surface area contributed by atoms with Crippen molar-refractivity contribution in [3.05, 3.63) is 55.9 Å². The van der Waals surface area contributed by atoms with Crippen LogP contribution in [0.1, 0.15) is 37.1 Å². The lowest BCUT2D eigenvalue weighted by molar-refractivity contribution is -0.121. The van der Waals surface area contributed by atoms with E-state index in [0.717, 1.165) is 5.56 Å². The standard InChI is InChI=1S/C19H24N4O5/c1-11(2)28-15-7-5-13(9-16(15)27-4)10-20-23-17(24)8-6-14-12(3)21-19(26)22-18(14)25/h5,7,9-11H,6,8H2,1-4H3,(H,23,24)(H2,21,22,25,26)/b20-10+. The summed E-state index contributed by atoms with van der Waals surface area (Å²) in [4.78, 5) is 39.5. The lowest BCUT2D eigenvalue weighted by Gasteiger charge is -2.13. The van der Waals surface area contributed by atoms with Gasteiger partial charge < -0.3 is 14.5 Å². The topological polar surface area (TPSA) is 126 Å². The third-order valence-corrected chi connectivity index (χ3v) is 3.81. The Bertz CT molecular complexity index is 975. The van der Waals surface area contributed by atoms with Crippen LogP contribution in [0, 0.1) is 6.92 Å². The second kappa shape index (κ2) is 9.54. The molecule has 1 heterocycles. The molecule has 0 unspecified atom stereocenters. The van der Waals surface area contributed by atoms with E-state index in [4.69, 9.17) is 9.47 Å². The Morgan fingerprint density at radius 1 is 1.25 bits per heavy atom. The molecular weight excluding hydrogens is 364 g/mol. The molecule has 1 aromatic carbocycles. The van der Waals surface area contributed by atoms with Gasteiger partial charge in [0.25, 0.3) is 5.56 Å². The molecule has 150 valence electrons. The molecule has 0 spiro atoms. The smallest absolute Gasteiger partial charge is 0.325 e. The molecule has 3 N–H and O–H groups in total. The fourth-order valence-corrected chi connectivity index (χ4v) is 2.52. The van der Waals surface area contributed by atoms with Crippen LogP contribution in [0.3, 0.4) is 0 Å². The summed E-state index contributed by atoms with van der Waals surface area (Å²) in [5, 5.41) is 3.91. The molecule has 2 aromatic rings. The SMILES string of the molecule is COc1cc(/C=N/NC(=O)CCc2c(C)[nH]c(=O)[nH]c2=O)ccc1OC(C)C. The number of methoxy groups -OCH3 is 1. The van der Waals surface area contributed by atoms with E-state index in [2.05, 4.69) is 20.5 Å². The van der Waals surface area contributed by atoms with E-state index in [1.165, 1.54) is 6.21 Å². The lowest BCUT2D eigenvalue weighted by atomic mass is 10.1. The van der Waals surface area contributed by atoms with E-state index in [1.807, 2.05) is 13.8 Å². The Morgan fingerprint density at radius 2 is 2.00 bits per heavy atom. The van der Waals surface area contributed by atoms with Gasteiger partial charge in [-0.25, -0.2) is 10.2 Å². The molecule has 9 nitrogen and oxygen atoms in total. The first-order valence-electron chi connectivity index (χ1n) is 8.78. The highest BCUT2D eigenvalue weighted by Crippen LogP contribution is 2.28. The summed E-state index contributed by atoms with van der Waals surface area (Å²) in [6.07, 6.45) is 1.75. The number of aryl methyl sites for hydroxylation is 1. The normalized spacial score (nSPS) is 11.0. The molecule has 2 rings (SSSR count). The number of nitrogens with zero attached hydrogens (tertiary/aromatic N) is 1. The molecular formula is C19H24N4O5. The van der Waals surface area contributed by atoms with Crippen molar-refractivity contribution in [2.45, 2.75) is 39.7 Å². The highest BCUT2D eigenvalue weighted by atomic mass is 16.5. The molecule has 0 saturated heterocycles. The number of nitrogens with one attached hydrogen (secondary N) is 3. The summed E-state index contributed by atoms with van der Waals surface area (Å²) in [6, 6.07) is 5.31. The minimum atomic E-state index is -0.569. The number of carbonyl (C=O) groups is 1. The van der Waals surface area contributed by atoms with Crippen LogP contribution in [0.5, 0.6) is 11.5 Å². The molecule has 0 radical (unpaired) electrons. The van der Waals surface area contributed by atoms with Gasteiger partial charge in [-0.15, -0.1) is 0 Å². The molecule has 0 aliphatic heterocycles. The van der Waals surface area contributed by atoms with Crippen LogP contribution in [0.2, 0.25) is 0 Å². The quantitative estimate of drug-likeness (QED) is 0.463. The molecule has 0 aliphatic carbocycles. The van der Waals surface area contributed by atoms with E-state index in [-0.39, 0.29) is 24.9 Å². The van der Waals surface area contributed by atoms with Crippen LogP contribution < -0.4 is 26.1 Å². The number of hydrogen-bond acceptors (Lipinski definition) is 6. The third kappa shape index (κ3) is 5.83. The average molecular weight is 388 g/mol. The summed E-state index contributed by atoms with van der Waals surface area (Å²) >= 11 is 0. The fourth-order valence-electron chi connectivity index (χ4n) is 2.52. The first-order chi connectivity index (χ1) is 13.3. The number of hydrogen-bond donors (Lipinski definition) is 3. The molecule has 9 heteroatoms. The van der Waals surface area contributed by atoms with Crippen LogP contribution in [0.25, 0.3) is 0 Å². The predicted molar refractivity (Wildman–Crippen MR) is 105 cm³/mol. The number of amides is 1. The number of rotatable bonds is 8. The summed E-state index contributed by atoms with van der Waals surface area (Å²) in [6.45, 7) is 5.46. The summed E-state index contributed by atoms with van der Waals surface area (Å²) in [5.74, 6) is 0.838. The Morgan fingerprint density at radius 3 is 2.64 bits per heavy atom. The van der Waals surface area contributed by atoms with Gasteiger partial charge in [-0.2, -0.15) is 5.10 Å². The number of H-pyrrole nitrogens is 2. The summed E-state index contributed by atoms with van der Waals surface area (Å²) in [7, 11) is 1.55. The van der Waals surface area contributed by atoms with Gasteiger partial charge >= 0.3 is 5.69 Å². The van der Waals surface area contributed by atoms with Crippen molar-refractivity contribution in [3.63, 3.8) is 0 Å². The van der Waals surface area contributed by atoms with Crippen molar-refractivity contribution in [3.8, 4) is 11.5 Å². The Labute approximate surface area is 161 Å². The second-order valence-corrected chi connectivity index (χ2v) is 6.38. The predicted octanol–water partition coefficient (Wildman–Crippen LogP) is 1.25. The van der Waals surface area contributed by atoms with Crippen molar-refractivity contribution >= 4 is 12.1 Å². The van der Waals surface area contributed by atoms with Crippen LogP contribution >= 0.6 is 0 Å². The number of hydrazone groups is 1. The molecule has 0 bridgehead atoms. The van der Waals surface area contributed by atoms with Gasteiger partial charge in [0.2, 0.25) is 5.91 Å². The maximum atomic E-state index is 11.9. The number of aromatic amines is 2. The van der Waals surface area contributed by atoms with Crippen molar-refractivity contribution in [2.24, 2.45) is 5.10 Å². The van der Waals surface area contributed by atoms with Crippen LogP contribution in [-0.2, 0) is 11.2 Å². The highest BCUT2D eigenvalue weighted by Gasteiger charge is 2.09. The monoisotopic (exact) mass is 388 g/mol. The number of benzene rings is 1.